The SMILES string of the molecule is CN=C(NCCC1CC1)NC(C)Cc1c(C)nn(C)c1C. The average molecular weight is 291 g/mol. The maximum absolute atomic E-state index is 4.48. The third kappa shape index (κ3) is 4.48. The molecule has 1 aliphatic carbocycles. The van der Waals surface area contributed by atoms with E-state index in [0.717, 1.165) is 30.5 Å². The second kappa shape index (κ2) is 6.96. The van der Waals surface area contributed by atoms with E-state index >= 15 is 0 Å². The van der Waals surface area contributed by atoms with E-state index < -0.39 is 0 Å². The molecule has 2 rings (SSSR count). The second-order valence-corrected chi connectivity index (χ2v) is 6.25. The van der Waals surface area contributed by atoms with Gasteiger partial charge in [-0.2, -0.15) is 5.10 Å². The molecule has 1 aliphatic rings. The summed E-state index contributed by atoms with van der Waals surface area (Å²) in [6.45, 7) is 7.42. The number of nitrogens with one attached hydrogen (secondary N) is 2. The van der Waals surface area contributed by atoms with Gasteiger partial charge in [-0.1, -0.05) is 12.8 Å². The van der Waals surface area contributed by atoms with Crippen molar-refractivity contribution in [2.75, 3.05) is 13.6 Å². The van der Waals surface area contributed by atoms with Crippen LogP contribution in [0.4, 0.5) is 0 Å². The molecule has 1 saturated carbocycles. The molecule has 0 radical (unpaired) electrons. The molecule has 0 aromatic carbocycles. The molecule has 0 saturated heterocycles. The van der Waals surface area contributed by atoms with Crippen molar-refractivity contribution in [3.63, 3.8) is 0 Å². The van der Waals surface area contributed by atoms with Gasteiger partial charge in [0.05, 0.1) is 5.69 Å². The van der Waals surface area contributed by atoms with Crippen LogP contribution in [0.1, 0.15) is 43.1 Å². The Morgan fingerprint density at radius 2 is 2.14 bits per heavy atom. The highest BCUT2D eigenvalue weighted by molar-refractivity contribution is 5.79. The smallest absolute Gasteiger partial charge is 0.191 e. The number of rotatable bonds is 6. The van der Waals surface area contributed by atoms with Crippen LogP contribution >= 0.6 is 0 Å². The van der Waals surface area contributed by atoms with E-state index in [4.69, 9.17) is 0 Å². The van der Waals surface area contributed by atoms with E-state index in [1.165, 1.54) is 30.5 Å². The lowest BCUT2D eigenvalue weighted by Crippen LogP contribution is -2.43. The Labute approximate surface area is 128 Å². The molecule has 2 N–H and O–H groups in total. The Bertz CT molecular complexity index is 499. The Hall–Kier alpha value is -1.52. The van der Waals surface area contributed by atoms with Crippen LogP contribution in [-0.2, 0) is 13.5 Å². The van der Waals surface area contributed by atoms with Crippen LogP contribution in [0.5, 0.6) is 0 Å². The van der Waals surface area contributed by atoms with Gasteiger partial charge in [-0.3, -0.25) is 9.67 Å². The largest absolute Gasteiger partial charge is 0.356 e. The first-order valence-electron chi connectivity index (χ1n) is 7.97. The summed E-state index contributed by atoms with van der Waals surface area (Å²) in [5.41, 5.74) is 3.71. The number of aryl methyl sites for hydroxylation is 2. The predicted octanol–water partition coefficient (Wildman–Crippen LogP) is 1.93. The van der Waals surface area contributed by atoms with Crippen LogP contribution in [-0.4, -0.2) is 35.4 Å². The number of hydrogen-bond donors (Lipinski definition) is 2. The summed E-state index contributed by atoms with van der Waals surface area (Å²) < 4.78 is 1.96. The summed E-state index contributed by atoms with van der Waals surface area (Å²) in [4.78, 5) is 4.31. The zero-order valence-electron chi connectivity index (χ0n) is 14.0. The summed E-state index contributed by atoms with van der Waals surface area (Å²) in [6.07, 6.45) is 5.04. The topological polar surface area (TPSA) is 54.2 Å². The molecule has 5 heteroatoms. The summed E-state index contributed by atoms with van der Waals surface area (Å²) in [5.74, 6) is 1.86. The molecule has 1 unspecified atom stereocenters. The first kappa shape index (κ1) is 15.9. The number of hydrogen-bond acceptors (Lipinski definition) is 2. The minimum absolute atomic E-state index is 0.332. The van der Waals surface area contributed by atoms with Gasteiger partial charge in [-0.05, 0) is 45.1 Å². The summed E-state index contributed by atoms with van der Waals surface area (Å²) in [6, 6.07) is 0.332. The fourth-order valence-electron chi connectivity index (χ4n) is 2.70. The summed E-state index contributed by atoms with van der Waals surface area (Å²) in [5, 5.41) is 11.4. The molecular formula is C16H29N5. The van der Waals surface area contributed by atoms with E-state index in [9.17, 15) is 0 Å². The van der Waals surface area contributed by atoms with Gasteiger partial charge >= 0.3 is 0 Å². The molecule has 0 bridgehead atoms. The Morgan fingerprint density at radius 3 is 2.67 bits per heavy atom. The van der Waals surface area contributed by atoms with Crippen LogP contribution in [0.15, 0.2) is 4.99 Å². The van der Waals surface area contributed by atoms with Crippen molar-refractivity contribution in [1.29, 1.82) is 0 Å². The normalized spacial score (nSPS) is 16.9. The minimum atomic E-state index is 0.332. The highest BCUT2D eigenvalue weighted by atomic mass is 15.3. The number of guanidine groups is 1. The molecular weight excluding hydrogens is 262 g/mol. The molecule has 118 valence electrons. The standard InChI is InChI=1S/C16H29N5/c1-11(10-15-12(2)20-21(5)13(15)3)19-16(17-4)18-9-8-14-6-7-14/h11,14H,6-10H2,1-5H3,(H2,17,18,19). The van der Waals surface area contributed by atoms with Crippen LogP contribution < -0.4 is 10.6 Å². The maximum atomic E-state index is 4.48. The highest BCUT2D eigenvalue weighted by Crippen LogP contribution is 2.31. The molecule has 5 nitrogen and oxygen atoms in total. The zero-order chi connectivity index (χ0) is 15.4. The first-order valence-corrected chi connectivity index (χ1v) is 7.97. The fourth-order valence-corrected chi connectivity index (χ4v) is 2.70. The van der Waals surface area contributed by atoms with Crippen LogP contribution in [0.2, 0.25) is 0 Å². The molecule has 1 aromatic rings. The monoisotopic (exact) mass is 291 g/mol. The molecule has 0 amide bonds. The van der Waals surface area contributed by atoms with Crippen LogP contribution in [0, 0.1) is 19.8 Å². The third-order valence-electron chi connectivity index (χ3n) is 4.32. The van der Waals surface area contributed by atoms with E-state index in [1.54, 1.807) is 0 Å². The predicted molar refractivity (Wildman–Crippen MR) is 87.7 cm³/mol. The summed E-state index contributed by atoms with van der Waals surface area (Å²) >= 11 is 0. The van der Waals surface area contributed by atoms with Crippen molar-refractivity contribution >= 4 is 5.96 Å². The van der Waals surface area contributed by atoms with E-state index in [2.05, 4.69) is 41.5 Å². The minimum Gasteiger partial charge on any atom is -0.356 e. The van der Waals surface area contributed by atoms with Crippen molar-refractivity contribution in [2.45, 2.75) is 52.5 Å². The Kier molecular flexibility index (Phi) is 5.26. The molecule has 0 aliphatic heterocycles. The van der Waals surface area contributed by atoms with Crippen molar-refractivity contribution < 1.29 is 0 Å². The summed E-state index contributed by atoms with van der Waals surface area (Å²) in [7, 11) is 3.84. The third-order valence-corrected chi connectivity index (χ3v) is 4.32. The average Bonchev–Trinajstić information content (AvgIpc) is 3.22. The van der Waals surface area contributed by atoms with Crippen LogP contribution in [0.25, 0.3) is 0 Å². The van der Waals surface area contributed by atoms with Crippen molar-refractivity contribution in [1.82, 2.24) is 20.4 Å². The van der Waals surface area contributed by atoms with Gasteiger partial charge in [0, 0.05) is 32.4 Å². The number of aromatic nitrogens is 2. The van der Waals surface area contributed by atoms with Gasteiger partial charge in [-0.15, -0.1) is 0 Å². The van der Waals surface area contributed by atoms with E-state index in [1.807, 2.05) is 18.8 Å². The van der Waals surface area contributed by atoms with Crippen molar-refractivity contribution in [3.05, 3.63) is 17.0 Å². The van der Waals surface area contributed by atoms with Gasteiger partial charge in [0.25, 0.3) is 0 Å². The zero-order valence-corrected chi connectivity index (χ0v) is 14.0. The van der Waals surface area contributed by atoms with Gasteiger partial charge in [0.15, 0.2) is 5.96 Å². The second-order valence-electron chi connectivity index (χ2n) is 6.25. The van der Waals surface area contributed by atoms with Gasteiger partial charge < -0.3 is 10.6 Å². The van der Waals surface area contributed by atoms with Crippen LogP contribution in [0.3, 0.4) is 0 Å². The lowest BCUT2D eigenvalue weighted by molar-refractivity contribution is 0.623. The Morgan fingerprint density at radius 1 is 1.43 bits per heavy atom. The highest BCUT2D eigenvalue weighted by Gasteiger charge is 2.20. The molecule has 1 fully saturated rings. The molecule has 1 heterocycles. The lowest BCUT2D eigenvalue weighted by Gasteiger charge is -2.18. The first-order chi connectivity index (χ1) is 10.0. The molecule has 1 atom stereocenters. The number of aliphatic imine (C=N–C) groups is 1. The van der Waals surface area contributed by atoms with E-state index in [-0.39, 0.29) is 0 Å². The Balaban J connectivity index is 1.82. The number of nitrogens with zero attached hydrogens (tertiary/aromatic N) is 3. The van der Waals surface area contributed by atoms with Gasteiger partial charge in [0.2, 0.25) is 0 Å². The van der Waals surface area contributed by atoms with E-state index in [0.29, 0.717) is 6.04 Å². The van der Waals surface area contributed by atoms with Gasteiger partial charge in [-0.25, -0.2) is 0 Å². The molecule has 21 heavy (non-hydrogen) atoms. The fraction of sp³-hybridized carbons (Fsp3) is 0.750. The quantitative estimate of drug-likeness (QED) is 0.622. The van der Waals surface area contributed by atoms with Gasteiger partial charge in [0.1, 0.15) is 0 Å². The van der Waals surface area contributed by atoms with Crippen molar-refractivity contribution in [3.8, 4) is 0 Å². The van der Waals surface area contributed by atoms with Crippen molar-refractivity contribution in [2.24, 2.45) is 18.0 Å². The molecule has 1 aromatic heterocycles. The molecule has 0 spiro atoms. The lowest BCUT2D eigenvalue weighted by atomic mass is 10.1. The maximum Gasteiger partial charge on any atom is 0.191 e.